The van der Waals surface area contributed by atoms with Gasteiger partial charge in [-0.3, -0.25) is 14.7 Å². The lowest BCUT2D eigenvalue weighted by Gasteiger charge is -2.26. The molecule has 1 aliphatic rings. The molecule has 0 unspecified atom stereocenters. The first-order valence-electron chi connectivity index (χ1n) is 11.3. The maximum absolute atomic E-state index is 12.9. The van der Waals surface area contributed by atoms with Crippen molar-refractivity contribution in [2.45, 2.75) is 32.0 Å². The number of hydrogen-bond acceptors (Lipinski definition) is 5. The molecule has 10 heteroatoms. The number of aromatic nitrogens is 4. The second-order valence-corrected chi connectivity index (χ2v) is 8.67. The number of primary amides is 1. The van der Waals surface area contributed by atoms with Crippen molar-refractivity contribution in [2.75, 3.05) is 13.1 Å². The SMILES string of the molecule is NC(=O)c1nn(-c2ccc(C(F)(F)F)nc2)c2ccc(-c3cncc(CN4CCCCC4)c3)cc12. The molecule has 1 aliphatic heterocycles. The lowest BCUT2D eigenvalue weighted by molar-refractivity contribution is -0.141. The number of fused-ring (bicyclic) bond motifs is 1. The minimum Gasteiger partial charge on any atom is -0.364 e. The number of amides is 1. The molecule has 0 saturated carbocycles. The van der Waals surface area contributed by atoms with Crippen molar-refractivity contribution in [3.8, 4) is 16.8 Å². The van der Waals surface area contributed by atoms with Gasteiger partial charge in [-0.1, -0.05) is 12.5 Å². The zero-order valence-electron chi connectivity index (χ0n) is 18.8. The minimum absolute atomic E-state index is 0.0270. The molecule has 0 aliphatic carbocycles. The highest BCUT2D eigenvalue weighted by Crippen LogP contribution is 2.30. The van der Waals surface area contributed by atoms with Crippen LogP contribution < -0.4 is 5.73 Å². The Bertz CT molecular complexity index is 1370. The Kier molecular flexibility index (Phi) is 5.98. The number of carbonyl (C=O) groups excluding carboxylic acids is 1. The lowest BCUT2D eigenvalue weighted by Crippen LogP contribution is -2.29. The first kappa shape index (κ1) is 23.0. The molecule has 4 heterocycles. The number of nitrogens with two attached hydrogens (primary N) is 1. The molecule has 1 saturated heterocycles. The fourth-order valence-electron chi connectivity index (χ4n) is 4.46. The zero-order valence-corrected chi connectivity index (χ0v) is 18.8. The largest absolute Gasteiger partial charge is 0.433 e. The van der Waals surface area contributed by atoms with Gasteiger partial charge in [0.05, 0.1) is 17.4 Å². The van der Waals surface area contributed by atoms with Crippen molar-refractivity contribution < 1.29 is 18.0 Å². The Morgan fingerprint density at radius 3 is 2.46 bits per heavy atom. The van der Waals surface area contributed by atoms with Crippen molar-refractivity contribution in [1.29, 1.82) is 0 Å². The van der Waals surface area contributed by atoms with Crippen LogP contribution in [0.25, 0.3) is 27.7 Å². The van der Waals surface area contributed by atoms with Gasteiger partial charge in [0.15, 0.2) is 5.69 Å². The molecule has 35 heavy (non-hydrogen) atoms. The Hall–Kier alpha value is -3.79. The summed E-state index contributed by atoms with van der Waals surface area (Å²) in [6, 6.07) is 9.65. The van der Waals surface area contributed by atoms with E-state index in [1.165, 1.54) is 30.0 Å². The lowest BCUT2D eigenvalue weighted by atomic mass is 10.0. The van der Waals surface area contributed by atoms with Crippen LogP contribution in [-0.4, -0.2) is 43.6 Å². The molecule has 0 bridgehead atoms. The van der Waals surface area contributed by atoms with Crippen LogP contribution in [0, 0.1) is 0 Å². The summed E-state index contributed by atoms with van der Waals surface area (Å²) in [5.41, 5.74) is 8.23. The maximum atomic E-state index is 12.9. The van der Waals surface area contributed by atoms with Crippen LogP contribution >= 0.6 is 0 Å². The van der Waals surface area contributed by atoms with Crippen LogP contribution in [-0.2, 0) is 12.7 Å². The van der Waals surface area contributed by atoms with Crippen molar-refractivity contribution in [2.24, 2.45) is 5.73 Å². The van der Waals surface area contributed by atoms with E-state index < -0.39 is 17.8 Å². The predicted octanol–water partition coefficient (Wildman–Crippen LogP) is 4.59. The summed E-state index contributed by atoms with van der Waals surface area (Å²) < 4.78 is 40.1. The van der Waals surface area contributed by atoms with Gasteiger partial charge in [0, 0.05) is 29.9 Å². The van der Waals surface area contributed by atoms with Gasteiger partial charge in [0.2, 0.25) is 0 Å². The molecule has 5 rings (SSSR count). The normalized spacial score (nSPS) is 14.9. The predicted molar refractivity (Wildman–Crippen MR) is 125 cm³/mol. The number of carbonyl (C=O) groups is 1. The highest BCUT2D eigenvalue weighted by molar-refractivity contribution is 6.05. The van der Waals surface area contributed by atoms with E-state index in [9.17, 15) is 18.0 Å². The number of likely N-dealkylation sites (tertiary alicyclic amines) is 1. The van der Waals surface area contributed by atoms with E-state index >= 15 is 0 Å². The Labute approximate surface area is 199 Å². The monoisotopic (exact) mass is 480 g/mol. The van der Waals surface area contributed by atoms with Gasteiger partial charge in [-0.2, -0.15) is 18.3 Å². The van der Waals surface area contributed by atoms with Gasteiger partial charge >= 0.3 is 6.18 Å². The first-order valence-corrected chi connectivity index (χ1v) is 11.3. The van der Waals surface area contributed by atoms with E-state index in [0.717, 1.165) is 48.6 Å². The molecule has 180 valence electrons. The molecule has 4 aromatic rings. The van der Waals surface area contributed by atoms with E-state index in [4.69, 9.17) is 5.73 Å². The Balaban J connectivity index is 1.51. The van der Waals surface area contributed by atoms with E-state index in [1.54, 1.807) is 18.3 Å². The number of pyridine rings is 2. The highest BCUT2D eigenvalue weighted by atomic mass is 19.4. The number of piperidine rings is 1. The minimum atomic E-state index is -4.55. The van der Waals surface area contributed by atoms with Crippen molar-refractivity contribution in [1.82, 2.24) is 24.6 Å². The standard InChI is InChI=1S/C25H23F3N6O/c26-25(27,28)22-7-5-19(14-31-22)34-21-6-4-17(11-20(21)23(32-34)24(29)35)18-10-16(12-30-13-18)15-33-8-2-1-3-9-33/h4-7,10-14H,1-3,8-9,15H2,(H2,29,35). The number of nitrogens with zero attached hydrogens (tertiary/aromatic N) is 5. The molecule has 1 aromatic carbocycles. The summed E-state index contributed by atoms with van der Waals surface area (Å²) in [6.07, 6.45) is 3.83. The van der Waals surface area contributed by atoms with Crippen LogP contribution in [0.4, 0.5) is 13.2 Å². The molecular formula is C25H23F3N6O. The van der Waals surface area contributed by atoms with E-state index in [-0.39, 0.29) is 11.4 Å². The third-order valence-corrected chi connectivity index (χ3v) is 6.18. The molecule has 2 N–H and O–H groups in total. The van der Waals surface area contributed by atoms with Gasteiger partial charge < -0.3 is 5.73 Å². The van der Waals surface area contributed by atoms with Crippen LogP contribution in [0.1, 0.15) is 41.0 Å². The summed E-state index contributed by atoms with van der Waals surface area (Å²) in [6.45, 7) is 2.99. The summed E-state index contributed by atoms with van der Waals surface area (Å²) >= 11 is 0. The van der Waals surface area contributed by atoms with Gasteiger partial charge in [0.25, 0.3) is 5.91 Å². The number of alkyl halides is 3. The molecule has 3 aromatic heterocycles. The number of benzene rings is 1. The fourth-order valence-corrected chi connectivity index (χ4v) is 4.46. The van der Waals surface area contributed by atoms with Gasteiger partial charge in [-0.05, 0) is 67.4 Å². The quantitative estimate of drug-likeness (QED) is 0.451. The third kappa shape index (κ3) is 4.74. The van der Waals surface area contributed by atoms with Crippen molar-refractivity contribution in [3.05, 3.63) is 71.9 Å². The van der Waals surface area contributed by atoms with Crippen LogP contribution in [0.2, 0.25) is 0 Å². The average Bonchev–Trinajstić information content (AvgIpc) is 3.24. The summed E-state index contributed by atoms with van der Waals surface area (Å²) in [5.74, 6) is -0.734. The fraction of sp³-hybridized carbons (Fsp3) is 0.280. The smallest absolute Gasteiger partial charge is 0.364 e. The third-order valence-electron chi connectivity index (χ3n) is 6.18. The van der Waals surface area contributed by atoms with Crippen LogP contribution in [0.15, 0.2) is 55.0 Å². The number of hydrogen-bond donors (Lipinski definition) is 1. The molecule has 1 amide bonds. The second kappa shape index (κ2) is 9.10. The van der Waals surface area contributed by atoms with Crippen LogP contribution in [0.3, 0.4) is 0 Å². The first-order chi connectivity index (χ1) is 16.8. The van der Waals surface area contributed by atoms with Crippen molar-refractivity contribution in [3.63, 3.8) is 0 Å². The molecule has 7 nitrogen and oxygen atoms in total. The Morgan fingerprint density at radius 1 is 0.971 bits per heavy atom. The number of halogens is 3. The van der Waals surface area contributed by atoms with Gasteiger partial charge in [-0.25, -0.2) is 9.67 Å². The van der Waals surface area contributed by atoms with Crippen molar-refractivity contribution >= 4 is 16.8 Å². The van der Waals surface area contributed by atoms with Crippen LogP contribution in [0.5, 0.6) is 0 Å². The average molecular weight is 480 g/mol. The number of rotatable bonds is 5. The zero-order chi connectivity index (χ0) is 24.6. The van der Waals surface area contributed by atoms with Gasteiger partial charge in [0.1, 0.15) is 5.69 Å². The molecule has 0 atom stereocenters. The molecule has 0 spiro atoms. The second-order valence-electron chi connectivity index (χ2n) is 8.67. The van der Waals surface area contributed by atoms with E-state index in [0.29, 0.717) is 10.9 Å². The summed E-state index contributed by atoms with van der Waals surface area (Å²) in [5, 5.41) is 4.78. The summed E-state index contributed by atoms with van der Waals surface area (Å²) in [4.78, 5) is 22.5. The van der Waals surface area contributed by atoms with E-state index in [2.05, 4.69) is 26.0 Å². The molecular weight excluding hydrogens is 457 g/mol. The molecule has 0 radical (unpaired) electrons. The maximum Gasteiger partial charge on any atom is 0.433 e. The van der Waals surface area contributed by atoms with Gasteiger partial charge in [-0.15, -0.1) is 0 Å². The highest BCUT2D eigenvalue weighted by Gasteiger charge is 2.32. The molecule has 1 fully saturated rings. The Morgan fingerprint density at radius 2 is 1.77 bits per heavy atom. The topological polar surface area (TPSA) is 89.9 Å². The summed E-state index contributed by atoms with van der Waals surface area (Å²) in [7, 11) is 0. The van der Waals surface area contributed by atoms with E-state index in [1.807, 2.05) is 12.3 Å².